The van der Waals surface area contributed by atoms with Gasteiger partial charge < -0.3 is 5.32 Å². The third-order valence-corrected chi connectivity index (χ3v) is 2.91. The smallest absolute Gasteiger partial charge is 0.255 e. The second-order valence-corrected chi connectivity index (χ2v) is 4.67. The molecule has 1 N–H and O–H groups in total. The second-order valence-electron chi connectivity index (χ2n) is 3.45. The number of hydrogen-bond donors (Lipinski definition) is 1. The number of benzene rings is 1. The molecule has 1 amide bonds. The zero-order valence-corrected chi connectivity index (χ0v) is 11.3. The Labute approximate surface area is 116 Å². The van der Waals surface area contributed by atoms with Crippen molar-refractivity contribution in [1.29, 1.82) is 0 Å². The number of amides is 1. The second kappa shape index (κ2) is 5.46. The first kappa shape index (κ1) is 13.0. The van der Waals surface area contributed by atoms with Gasteiger partial charge in [-0.15, -0.1) is 0 Å². The third kappa shape index (κ3) is 3.05. The number of nitrogens with one attached hydrogen (secondary N) is 1. The van der Waals surface area contributed by atoms with Gasteiger partial charge >= 0.3 is 0 Å². The largest absolute Gasteiger partial charge is 0.322 e. The summed E-state index contributed by atoms with van der Waals surface area (Å²) in [5.74, 6) is -0.926. The number of halogens is 3. The summed E-state index contributed by atoms with van der Waals surface area (Å²) in [4.78, 5) is 15.8. The maximum absolute atomic E-state index is 13.2. The van der Waals surface area contributed by atoms with Crippen molar-refractivity contribution in [3.63, 3.8) is 0 Å². The van der Waals surface area contributed by atoms with Gasteiger partial charge in [0.25, 0.3) is 5.91 Å². The lowest BCUT2D eigenvalue weighted by Crippen LogP contribution is -2.12. The van der Waals surface area contributed by atoms with E-state index in [2.05, 4.69) is 26.2 Å². The monoisotopic (exact) mass is 328 g/mol. The van der Waals surface area contributed by atoms with Crippen LogP contribution in [0.25, 0.3) is 0 Å². The Bertz CT molecular complexity index is 606. The Morgan fingerprint density at radius 1 is 1.33 bits per heavy atom. The van der Waals surface area contributed by atoms with Crippen LogP contribution in [0.4, 0.5) is 10.1 Å². The lowest BCUT2D eigenvalue weighted by molar-refractivity contribution is 0.102. The third-order valence-electron chi connectivity index (χ3n) is 2.17. The molecule has 0 saturated heterocycles. The van der Waals surface area contributed by atoms with E-state index in [4.69, 9.17) is 11.6 Å². The molecule has 2 rings (SSSR count). The van der Waals surface area contributed by atoms with Crippen LogP contribution in [0, 0.1) is 5.82 Å². The van der Waals surface area contributed by atoms with Crippen LogP contribution in [0.5, 0.6) is 0 Å². The highest BCUT2D eigenvalue weighted by Crippen LogP contribution is 2.19. The van der Waals surface area contributed by atoms with Crippen molar-refractivity contribution in [2.75, 3.05) is 5.32 Å². The van der Waals surface area contributed by atoms with E-state index in [1.54, 1.807) is 12.1 Å². The molecule has 0 atom stereocenters. The number of carbonyl (C=O) groups is 1. The Balaban J connectivity index is 2.18. The fourth-order valence-electron chi connectivity index (χ4n) is 1.32. The molecule has 0 unspecified atom stereocenters. The molecule has 0 bridgehead atoms. The van der Waals surface area contributed by atoms with Gasteiger partial charge in [-0.05, 0) is 46.3 Å². The van der Waals surface area contributed by atoms with Gasteiger partial charge in [-0.3, -0.25) is 4.79 Å². The van der Waals surface area contributed by atoms with E-state index in [1.165, 1.54) is 18.3 Å². The van der Waals surface area contributed by atoms with Crippen molar-refractivity contribution in [3.05, 3.63) is 57.5 Å². The van der Waals surface area contributed by atoms with Gasteiger partial charge in [0.1, 0.15) is 10.4 Å². The molecule has 0 aliphatic rings. The molecule has 92 valence electrons. The zero-order valence-electron chi connectivity index (χ0n) is 8.95. The summed E-state index contributed by atoms with van der Waals surface area (Å²) in [6.07, 6.45) is 1.50. The van der Waals surface area contributed by atoms with Crippen LogP contribution < -0.4 is 5.32 Å². The van der Waals surface area contributed by atoms with Crippen molar-refractivity contribution < 1.29 is 9.18 Å². The van der Waals surface area contributed by atoms with Gasteiger partial charge in [0.2, 0.25) is 0 Å². The van der Waals surface area contributed by atoms with Gasteiger partial charge in [-0.1, -0.05) is 11.6 Å². The normalized spacial score (nSPS) is 10.2. The lowest BCUT2D eigenvalue weighted by atomic mass is 10.2. The maximum atomic E-state index is 13.2. The van der Waals surface area contributed by atoms with Crippen LogP contribution in [0.15, 0.2) is 41.1 Å². The van der Waals surface area contributed by atoms with E-state index in [9.17, 15) is 9.18 Å². The van der Waals surface area contributed by atoms with E-state index in [0.717, 1.165) is 6.07 Å². The van der Waals surface area contributed by atoms with E-state index in [-0.39, 0.29) is 10.9 Å². The number of nitrogens with zero attached hydrogens (tertiary/aromatic N) is 1. The van der Waals surface area contributed by atoms with E-state index in [0.29, 0.717) is 15.9 Å². The summed E-state index contributed by atoms with van der Waals surface area (Å²) in [5, 5.41) is 2.58. The minimum atomic E-state index is -0.578. The number of carbonyl (C=O) groups excluding carboxylic acids is 1. The number of anilines is 1. The predicted octanol–water partition coefficient (Wildman–Crippen LogP) is 3.89. The van der Waals surface area contributed by atoms with E-state index < -0.39 is 5.82 Å². The van der Waals surface area contributed by atoms with Gasteiger partial charge in [-0.2, -0.15) is 0 Å². The van der Waals surface area contributed by atoms with Crippen LogP contribution in [-0.4, -0.2) is 10.9 Å². The Hall–Kier alpha value is -1.46. The number of rotatable bonds is 2. The van der Waals surface area contributed by atoms with Crippen molar-refractivity contribution in [1.82, 2.24) is 4.98 Å². The molecule has 1 aromatic carbocycles. The summed E-state index contributed by atoms with van der Waals surface area (Å²) in [6.45, 7) is 0. The molecule has 3 nitrogen and oxygen atoms in total. The highest BCUT2D eigenvalue weighted by molar-refractivity contribution is 9.10. The van der Waals surface area contributed by atoms with Crippen LogP contribution in [0.1, 0.15) is 10.4 Å². The molecule has 6 heteroatoms. The summed E-state index contributed by atoms with van der Waals surface area (Å²) < 4.78 is 13.7. The first-order valence-corrected chi connectivity index (χ1v) is 6.11. The molecule has 1 heterocycles. The number of pyridine rings is 1. The molecule has 0 aliphatic heterocycles. The predicted molar refractivity (Wildman–Crippen MR) is 71.3 cm³/mol. The molecule has 0 spiro atoms. The lowest BCUT2D eigenvalue weighted by Gasteiger charge is -2.06. The van der Waals surface area contributed by atoms with Crippen LogP contribution in [0.3, 0.4) is 0 Å². The van der Waals surface area contributed by atoms with Gasteiger partial charge in [0, 0.05) is 17.4 Å². The standard InChI is InChI=1S/C12H7BrClFN2O/c13-11-5-7(3-4-16-11)12(18)17-8-1-2-9(14)10(15)6-8/h1-6H,(H,17,18). The van der Waals surface area contributed by atoms with Crippen molar-refractivity contribution in [3.8, 4) is 0 Å². The fraction of sp³-hybridized carbons (Fsp3) is 0. The molecule has 0 aliphatic carbocycles. The fourth-order valence-corrected chi connectivity index (χ4v) is 1.80. The van der Waals surface area contributed by atoms with E-state index >= 15 is 0 Å². The Kier molecular flexibility index (Phi) is 3.93. The molecule has 2 aromatic rings. The molecule has 0 fully saturated rings. The van der Waals surface area contributed by atoms with Gasteiger partial charge in [-0.25, -0.2) is 9.37 Å². The first-order valence-electron chi connectivity index (χ1n) is 4.94. The van der Waals surface area contributed by atoms with E-state index in [1.807, 2.05) is 0 Å². The molecule has 1 aromatic heterocycles. The summed E-state index contributed by atoms with van der Waals surface area (Å²) in [6, 6.07) is 7.21. The summed E-state index contributed by atoms with van der Waals surface area (Å²) >= 11 is 8.72. The van der Waals surface area contributed by atoms with Gasteiger partial charge in [0.05, 0.1) is 5.02 Å². The molecular formula is C12H7BrClFN2O. The summed E-state index contributed by atoms with van der Waals surface area (Å²) in [7, 11) is 0. The number of aromatic nitrogens is 1. The van der Waals surface area contributed by atoms with Crippen LogP contribution >= 0.6 is 27.5 Å². The first-order chi connectivity index (χ1) is 8.56. The Morgan fingerprint density at radius 2 is 2.11 bits per heavy atom. The molecule has 18 heavy (non-hydrogen) atoms. The minimum absolute atomic E-state index is 0.0136. The highest BCUT2D eigenvalue weighted by atomic mass is 79.9. The van der Waals surface area contributed by atoms with Gasteiger partial charge in [0.15, 0.2) is 0 Å². The maximum Gasteiger partial charge on any atom is 0.255 e. The number of hydrogen-bond acceptors (Lipinski definition) is 2. The van der Waals surface area contributed by atoms with Crippen molar-refractivity contribution in [2.45, 2.75) is 0 Å². The van der Waals surface area contributed by atoms with Crippen molar-refractivity contribution in [2.24, 2.45) is 0 Å². The average molecular weight is 330 g/mol. The quantitative estimate of drug-likeness (QED) is 0.849. The zero-order chi connectivity index (χ0) is 13.1. The summed E-state index contributed by atoms with van der Waals surface area (Å²) in [5.41, 5.74) is 0.766. The highest BCUT2D eigenvalue weighted by Gasteiger charge is 2.08. The van der Waals surface area contributed by atoms with Crippen molar-refractivity contribution >= 4 is 39.1 Å². The van der Waals surface area contributed by atoms with Crippen LogP contribution in [0.2, 0.25) is 5.02 Å². The SMILES string of the molecule is O=C(Nc1ccc(Cl)c(F)c1)c1ccnc(Br)c1. The average Bonchev–Trinajstić information content (AvgIpc) is 2.34. The molecular weight excluding hydrogens is 322 g/mol. The minimum Gasteiger partial charge on any atom is -0.322 e. The molecule has 0 saturated carbocycles. The van der Waals surface area contributed by atoms with Crippen LogP contribution in [-0.2, 0) is 0 Å². The molecule has 0 radical (unpaired) electrons. The topological polar surface area (TPSA) is 42.0 Å². The Morgan fingerprint density at radius 3 is 2.78 bits per heavy atom.